The highest BCUT2D eigenvalue weighted by atomic mass is 32.2. The number of aryl methyl sites for hydroxylation is 1. The SMILES string of the molecule is COc1ccc(C)cc1NC(=O)NS/N=C/c1ccc2c(ccc3c2ncn3-c2ccc(OC(F)(F)F)cc2)c1. The monoisotopic (exact) mass is 565 g/mol. The predicted octanol–water partition coefficient (Wildman–Crippen LogP) is 7.20. The molecule has 1 aromatic heterocycles. The molecule has 2 amide bonds. The highest BCUT2D eigenvalue weighted by Gasteiger charge is 2.31. The van der Waals surface area contributed by atoms with Crippen molar-refractivity contribution in [1.82, 2.24) is 14.3 Å². The Morgan fingerprint density at radius 2 is 1.85 bits per heavy atom. The average Bonchev–Trinajstić information content (AvgIpc) is 3.35. The molecular formula is C28H22F3N5O3S. The summed E-state index contributed by atoms with van der Waals surface area (Å²) in [5, 5.41) is 4.57. The molecule has 0 aliphatic carbocycles. The molecule has 0 aliphatic heterocycles. The summed E-state index contributed by atoms with van der Waals surface area (Å²) >= 11 is 0.885. The van der Waals surface area contributed by atoms with Gasteiger partial charge in [0.1, 0.15) is 17.8 Å². The number of amides is 2. The lowest BCUT2D eigenvalue weighted by molar-refractivity contribution is -0.274. The van der Waals surface area contributed by atoms with Crippen molar-refractivity contribution in [2.75, 3.05) is 12.4 Å². The number of nitrogens with zero attached hydrogens (tertiary/aromatic N) is 3. The Balaban J connectivity index is 1.26. The molecule has 12 heteroatoms. The van der Waals surface area contributed by atoms with Gasteiger partial charge in [-0.3, -0.25) is 9.29 Å². The topological polar surface area (TPSA) is 89.8 Å². The van der Waals surface area contributed by atoms with Gasteiger partial charge in [0.2, 0.25) is 0 Å². The molecule has 0 unspecified atom stereocenters. The van der Waals surface area contributed by atoms with Crippen molar-refractivity contribution in [3.8, 4) is 17.2 Å². The van der Waals surface area contributed by atoms with Crippen LogP contribution in [0.5, 0.6) is 11.5 Å². The number of nitrogens with one attached hydrogen (secondary N) is 2. The number of anilines is 1. The third-order valence-electron chi connectivity index (χ3n) is 5.90. The largest absolute Gasteiger partial charge is 0.573 e. The molecule has 0 fully saturated rings. The number of imidazole rings is 1. The third-order valence-corrected chi connectivity index (χ3v) is 6.39. The number of rotatable bonds is 7. The number of aromatic nitrogens is 2. The minimum absolute atomic E-state index is 0.291. The van der Waals surface area contributed by atoms with Crippen molar-refractivity contribution in [2.24, 2.45) is 4.40 Å². The number of alkyl halides is 3. The highest BCUT2D eigenvalue weighted by molar-refractivity contribution is 7.96. The van der Waals surface area contributed by atoms with Gasteiger partial charge in [-0.15, -0.1) is 13.2 Å². The number of carbonyl (C=O) groups is 1. The first-order valence-corrected chi connectivity index (χ1v) is 12.6. The number of carbonyl (C=O) groups excluding carboxylic acids is 1. The summed E-state index contributed by atoms with van der Waals surface area (Å²) in [6.45, 7) is 1.92. The number of urea groups is 1. The first-order chi connectivity index (χ1) is 19.2. The third kappa shape index (κ3) is 6.12. The summed E-state index contributed by atoms with van der Waals surface area (Å²) < 4.78 is 55.2. The number of hydrogen-bond donors (Lipinski definition) is 2. The number of methoxy groups -OCH3 is 1. The molecule has 0 bridgehead atoms. The molecule has 4 aromatic carbocycles. The van der Waals surface area contributed by atoms with Crippen LogP contribution in [0.4, 0.5) is 23.7 Å². The molecule has 40 heavy (non-hydrogen) atoms. The number of fused-ring (bicyclic) bond motifs is 3. The fourth-order valence-corrected chi connectivity index (χ4v) is 4.51. The Kier molecular flexibility index (Phi) is 7.52. The molecular weight excluding hydrogens is 543 g/mol. The van der Waals surface area contributed by atoms with Crippen molar-refractivity contribution < 1.29 is 27.4 Å². The average molecular weight is 566 g/mol. The van der Waals surface area contributed by atoms with Crippen LogP contribution in [0, 0.1) is 6.92 Å². The smallest absolute Gasteiger partial charge is 0.495 e. The molecule has 0 radical (unpaired) electrons. The van der Waals surface area contributed by atoms with Crippen molar-refractivity contribution >= 4 is 51.9 Å². The summed E-state index contributed by atoms with van der Waals surface area (Å²) in [6.07, 6.45) is -1.49. The predicted molar refractivity (Wildman–Crippen MR) is 150 cm³/mol. The zero-order valence-corrected chi connectivity index (χ0v) is 22.0. The second-order valence-corrected chi connectivity index (χ2v) is 9.25. The van der Waals surface area contributed by atoms with Gasteiger partial charge in [-0.1, -0.05) is 24.3 Å². The Hall–Kier alpha value is -4.71. The van der Waals surface area contributed by atoms with Crippen LogP contribution >= 0.6 is 12.1 Å². The standard InChI is InChI=1S/C28H22F3N5O3S/c1-17-3-12-25(38-2)23(13-17)34-27(37)35-40-33-15-18-4-10-22-19(14-18)5-11-24-26(22)32-16-36(24)20-6-8-21(9-7-20)39-28(29,30)31/h3-16H,1-2H3,(H2,34,35,37)/b33-15+. The van der Waals surface area contributed by atoms with Gasteiger partial charge >= 0.3 is 12.4 Å². The molecule has 0 saturated heterocycles. The fourth-order valence-electron chi connectivity index (χ4n) is 4.14. The Morgan fingerprint density at radius 3 is 2.60 bits per heavy atom. The van der Waals surface area contributed by atoms with Crippen LogP contribution < -0.4 is 19.5 Å². The molecule has 0 spiro atoms. The van der Waals surface area contributed by atoms with Crippen molar-refractivity contribution in [3.63, 3.8) is 0 Å². The molecule has 0 saturated carbocycles. The van der Waals surface area contributed by atoms with E-state index in [1.165, 1.54) is 31.4 Å². The lowest BCUT2D eigenvalue weighted by atomic mass is 10.1. The molecule has 0 atom stereocenters. The summed E-state index contributed by atoms with van der Waals surface area (Å²) in [7, 11) is 1.53. The van der Waals surface area contributed by atoms with Gasteiger partial charge < -0.3 is 14.8 Å². The van der Waals surface area contributed by atoms with Crippen LogP contribution in [0.25, 0.3) is 27.5 Å². The molecule has 5 rings (SSSR count). The Morgan fingerprint density at radius 1 is 1.05 bits per heavy atom. The van der Waals surface area contributed by atoms with Crippen LogP contribution in [-0.4, -0.2) is 35.3 Å². The van der Waals surface area contributed by atoms with Gasteiger partial charge in [-0.25, -0.2) is 14.2 Å². The van der Waals surface area contributed by atoms with Crippen LogP contribution in [0.2, 0.25) is 0 Å². The summed E-state index contributed by atoms with van der Waals surface area (Å²) in [5.41, 5.74) is 4.55. The fraction of sp³-hybridized carbons (Fsp3) is 0.107. The van der Waals surface area contributed by atoms with Gasteiger partial charge in [0.15, 0.2) is 0 Å². The van der Waals surface area contributed by atoms with Gasteiger partial charge in [-0.2, -0.15) is 0 Å². The first-order valence-electron chi connectivity index (χ1n) is 11.9. The van der Waals surface area contributed by atoms with Crippen LogP contribution in [0.3, 0.4) is 0 Å². The van der Waals surface area contributed by atoms with Crippen molar-refractivity contribution in [1.29, 1.82) is 0 Å². The van der Waals surface area contributed by atoms with E-state index in [1.807, 2.05) is 49.4 Å². The number of benzene rings is 4. The maximum Gasteiger partial charge on any atom is 0.573 e. The van der Waals surface area contributed by atoms with E-state index in [1.54, 1.807) is 23.2 Å². The number of ether oxygens (including phenoxy) is 2. The van der Waals surface area contributed by atoms with E-state index in [2.05, 4.69) is 24.2 Å². The number of hydrogen-bond acceptors (Lipinski definition) is 6. The minimum Gasteiger partial charge on any atom is -0.495 e. The Labute approximate surface area is 231 Å². The quantitative estimate of drug-likeness (QED) is 0.161. The van der Waals surface area contributed by atoms with E-state index in [0.29, 0.717) is 17.1 Å². The lowest BCUT2D eigenvalue weighted by Gasteiger charge is -2.10. The maximum atomic E-state index is 12.5. The normalized spacial score (nSPS) is 11.7. The van der Waals surface area contributed by atoms with E-state index in [4.69, 9.17) is 4.74 Å². The van der Waals surface area contributed by atoms with Gasteiger partial charge in [-0.05, 0) is 72.0 Å². The van der Waals surface area contributed by atoms with E-state index < -0.39 is 12.4 Å². The zero-order valence-electron chi connectivity index (χ0n) is 21.2. The van der Waals surface area contributed by atoms with E-state index in [-0.39, 0.29) is 5.75 Å². The van der Waals surface area contributed by atoms with Crippen LogP contribution in [-0.2, 0) is 0 Å². The second kappa shape index (κ2) is 11.2. The second-order valence-electron chi connectivity index (χ2n) is 8.66. The van der Waals surface area contributed by atoms with E-state index in [9.17, 15) is 18.0 Å². The van der Waals surface area contributed by atoms with Crippen LogP contribution in [0.1, 0.15) is 11.1 Å². The molecule has 0 aliphatic rings. The van der Waals surface area contributed by atoms with E-state index >= 15 is 0 Å². The van der Waals surface area contributed by atoms with Gasteiger partial charge in [0, 0.05) is 17.3 Å². The highest BCUT2D eigenvalue weighted by Crippen LogP contribution is 2.29. The summed E-state index contributed by atoms with van der Waals surface area (Å²) in [5.74, 6) is 0.263. The molecule has 1 heterocycles. The maximum absolute atomic E-state index is 12.5. The van der Waals surface area contributed by atoms with Gasteiger partial charge in [0.05, 0.1) is 36.0 Å². The first kappa shape index (κ1) is 26.9. The summed E-state index contributed by atoms with van der Waals surface area (Å²) in [4.78, 5) is 16.8. The summed E-state index contributed by atoms with van der Waals surface area (Å²) in [6, 6.07) is 20.2. The van der Waals surface area contributed by atoms with Crippen LogP contribution in [0.15, 0.2) is 83.5 Å². The van der Waals surface area contributed by atoms with Gasteiger partial charge in [0.25, 0.3) is 0 Å². The zero-order chi connectivity index (χ0) is 28.3. The molecule has 5 aromatic rings. The number of halogens is 3. The van der Waals surface area contributed by atoms with Crippen molar-refractivity contribution in [3.05, 3.63) is 90.3 Å². The van der Waals surface area contributed by atoms with E-state index in [0.717, 1.165) is 45.1 Å². The van der Waals surface area contributed by atoms with Crippen molar-refractivity contribution in [2.45, 2.75) is 13.3 Å². The molecule has 8 nitrogen and oxygen atoms in total. The minimum atomic E-state index is -4.74. The lowest BCUT2D eigenvalue weighted by Crippen LogP contribution is -2.22. The molecule has 2 N–H and O–H groups in total. The molecule has 204 valence electrons. The Bertz CT molecular complexity index is 1720.